The second-order valence-electron chi connectivity index (χ2n) is 6.54. The molecule has 2 aromatic carbocycles. The Hall–Kier alpha value is -2.69. The Labute approximate surface area is 147 Å². The molecule has 0 unspecified atom stereocenters. The van der Waals surface area contributed by atoms with Gasteiger partial charge in [0.25, 0.3) is 0 Å². The van der Waals surface area contributed by atoms with Gasteiger partial charge in [0.05, 0.1) is 12.5 Å². The van der Waals surface area contributed by atoms with Gasteiger partial charge in [-0.05, 0) is 30.2 Å². The lowest BCUT2D eigenvalue weighted by Crippen LogP contribution is -2.45. The molecule has 0 radical (unpaired) electrons. The average molecular weight is 339 g/mol. The van der Waals surface area contributed by atoms with Gasteiger partial charge in [-0.25, -0.2) is 0 Å². The third-order valence-corrected chi connectivity index (χ3v) is 4.65. The van der Waals surface area contributed by atoms with Gasteiger partial charge >= 0.3 is 0 Å². The van der Waals surface area contributed by atoms with Crippen LogP contribution in [-0.2, 0) is 11.2 Å². The van der Waals surface area contributed by atoms with Crippen molar-refractivity contribution >= 4 is 5.91 Å². The zero-order valence-corrected chi connectivity index (χ0v) is 14.2. The number of amides is 1. The quantitative estimate of drug-likeness (QED) is 0.862. The number of carbonyl (C=O) groups is 1. The molecule has 2 aliphatic heterocycles. The molecular formula is C20H21NO4. The summed E-state index contributed by atoms with van der Waals surface area (Å²) in [7, 11) is 1.81. The van der Waals surface area contributed by atoms with E-state index in [1.807, 2.05) is 55.6 Å². The summed E-state index contributed by atoms with van der Waals surface area (Å²) in [6.07, 6.45) is 0.546. The van der Waals surface area contributed by atoms with Crippen LogP contribution >= 0.6 is 0 Å². The van der Waals surface area contributed by atoms with Crippen LogP contribution in [0.3, 0.4) is 0 Å². The van der Waals surface area contributed by atoms with Gasteiger partial charge < -0.3 is 19.1 Å². The minimum atomic E-state index is -0.166. The highest BCUT2D eigenvalue weighted by atomic mass is 16.6. The molecule has 0 bridgehead atoms. The Morgan fingerprint density at radius 1 is 1.00 bits per heavy atom. The Morgan fingerprint density at radius 3 is 2.52 bits per heavy atom. The Kier molecular flexibility index (Phi) is 4.22. The van der Waals surface area contributed by atoms with Crippen molar-refractivity contribution in [3.05, 3.63) is 54.1 Å². The van der Waals surface area contributed by atoms with E-state index in [2.05, 4.69) is 0 Å². The van der Waals surface area contributed by atoms with Gasteiger partial charge in [0.15, 0.2) is 17.6 Å². The lowest BCUT2D eigenvalue weighted by atomic mass is 9.95. The maximum Gasteiger partial charge on any atom is 0.229 e. The predicted molar refractivity (Wildman–Crippen MR) is 93.1 cm³/mol. The molecule has 2 aliphatic rings. The van der Waals surface area contributed by atoms with Gasteiger partial charge in [0, 0.05) is 7.05 Å². The number of hydrogen-bond acceptors (Lipinski definition) is 4. The van der Waals surface area contributed by atoms with E-state index in [9.17, 15) is 4.79 Å². The number of fused-ring (bicyclic) bond motifs is 2. The number of ether oxygens (including phenoxy) is 3. The summed E-state index contributed by atoms with van der Waals surface area (Å²) in [6.45, 7) is 1.36. The van der Waals surface area contributed by atoms with Crippen molar-refractivity contribution in [2.45, 2.75) is 12.5 Å². The highest BCUT2D eigenvalue weighted by Crippen LogP contribution is 2.31. The molecule has 0 fully saturated rings. The SMILES string of the molecule is CN(C[C@@H]1COc2ccccc2O1)C(=O)[C@@H]1COc2ccccc2C1. The first kappa shape index (κ1) is 15.8. The zero-order valence-electron chi connectivity index (χ0n) is 14.2. The molecular weight excluding hydrogens is 318 g/mol. The van der Waals surface area contributed by atoms with E-state index in [0.29, 0.717) is 26.2 Å². The number of benzene rings is 2. The van der Waals surface area contributed by atoms with E-state index in [1.165, 1.54) is 0 Å². The maximum absolute atomic E-state index is 12.8. The second-order valence-corrected chi connectivity index (χ2v) is 6.54. The first-order chi connectivity index (χ1) is 12.2. The van der Waals surface area contributed by atoms with Crippen LogP contribution in [0.5, 0.6) is 17.2 Å². The second kappa shape index (κ2) is 6.67. The summed E-state index contributed by atoms with van der Waals surface area (Å²) in [4.78, 5) is 14.5. The normalized spacial score (nSPS) is 21.0. The molecule has 0 aromatic heterocycles. The first-order valence-corrected chi connectivity index (χ1v) is 8.55. The number of likely N-dealkylation sites (N-methyl/N-ethyl adjacent to an activating group) is 1. The van der Waals surface area contributed by atoms with Crippen molar-refractivity contribution in [1.29, 1.82) is 0 Å². The van der Waals surface area contributed by atoms with Crippen molar-refractivity contribution in [1.82, 2.24) is 4.90 Å². The fourth-order valence-electron chi connectivity index (χ4n) is 3.35. The number of para-hydroxylation sites is 3. The van der Waals surface area contributed by atoms with E-state index in [0.717, 1.165) is 22.8 Å². The van der Waals surface area contributed by atoms with Gasteiger partial charge in [0.2, 0.25) is 5.91 Å². The van der Waals surface area contributed by atoms with Gasteiger partial charge in [-0.1, -0.05) is 30.3 Å². The van der Waals surface area contributed by atoms with Crippen molar-refractivity contribution in [2.24, 2.45) is 5.92 Å². The number of carbonyl (C=O) groups excluding carboxylic acids is 1. The summed E-state index contributed by atoms with van der Waals surface area (Å²) >= 11 is 0. The highest BCUT2D eigenvalue weighted by molar-refractivity contribution is 5.79. The largest absolute Gasteiger partial charge is 0.492 e. The molecule has 0 aliphatic carbocycles. The molecule has 0 saturated carbocycles. The summed E-state index contributed by atoms with van der Waals surface area (Å²) in [6, 6.07) is 15.5. The van der Waals surface area contributed by atoms with Crippen LogP contribution in [0, 0.1) is 5.92 Å². The Balaban J connectivity index is 1.37. The summed E-state index contributed by atoms with van der Waals surface area (Å²) in [5.41, 5.74) is 1.09. The summed E-state index contributed by atoms with van der Waals surface area (Å²) < 4.78 is 17.4. The number of nitrogens with zero attached hydrogens (tertiary/aromatic N) is 1. The molecule has 130 valence electrons. The molecule has 2 atom stereocenters. The molecule has 0 spiro atoms. The van der Waals surface area contributed by atoms with Gasteiger partial charge in [-0.3, -0.25) is 4.79 Å². The molecule has 5 nitrogen and oxygen atoms in total. The topological polar surface area (TPSA) is 48.0 Å². The molecule has 4 rings (SSSR count). The van der Waals surface area contributed by atoms with Crippen LogP contribution in [0.2, 0.25) is 0 Å². The van der Waals surface area contributed by atoms with E-state index >= 15 is 0 Å². The molecule has 1 amide bonds. The van der Waals surface area contributed by atoms with Gasteiger partial charge in [-0.15, -0.1) is 0 Å². The molecule has 0 saturated heterocycles. The van der Waals surface area contributed by atoms with Crippen molar-refractivity contribution in [3.63, 3.8) is 0 Å². The smallest absolute Gasteiger partial charge is 0.229 e. The third-order valence-electron chi connectivity index (χ3n) is 4.65. The molecule has 25 heavy (non-hydrogen) atoms. The lowest BCUT2D eigenvalue weighted by Gasteiger charge is -2.32. The molecule has 0 N–H and O–H groups in total. The zero-order chi connectivity index (χ0) is 17.2. The van der Waals surface area contributed by atoms with Crippen molar-refractivity contribution in [3.8, 4) is 17.2 Å². The average Bonchev–Trinajstić information content (AvgIpc) is 2.67. The van der Waals surface area contributed by atoms with Crippen molar-refractivity contribution in [2.75, 3.05) is 26.8 Å². The van der Waals surface area contributed by atoms with E-state index in [-0.39, 0.29) is 17.9 Å². The third kappa shape index (κ3) is 3.27. The minimum Gasteiger partial charge on any atom is -0.492 e. The number of hydrogen-bond donors (Lipinski definition) is 0. The fraction of sp³-hybridized carbons (Fsp3) is 0.350. The van der Waals surface area contributed by atoms with Crippen LogP contribution in [0.1, 0.15) is 5.56 Å². The number of rotatable bonds is 3. The van der Waals surface area contributed by atoms with Gasteiger partial charge in [0.1, 0.15) is 19.0 Å². The van der Waals surface area contributed by atoms with E-state index in [4.69, 9.17) is 14.2 Å². The van der Waals surface area contributed by atoms with Crippen LogP contribution in [0.25, 0.3) is 0 Å². The van der Waals surface area contributed by atoms with Crippen molar-refractivity contribution < 1.29 is 19.0 Å². The predicted octanol–water partition coefficient (Wildman–Crippen LogP) is 2.54. The van der Waals surface area contributed by atoms with Crippen LogP contribution in [-0.4, -0.2) is 43.7 Å². The maximum atomic E-state index is 12.8. The van der Waals surface area contributed by atoms with Crippen LogP contribution in [0.15, 0.2) is 48.5 Å². The standard InChI is InChI=1S/C20H21NO4/c1-21(11-16-13-24-18-8-4-5-9-19(18)25-16)20(22)15-10-14-6-2-3-7-17(14)23-12-15/h2-9,15-16H,10-13H2,1H3/t15-,16+/m0/s1. The van der Waals surface area contributed by atoms with Crippen LogP contribution < -0.4 is 14.2 Å². The Bertz CT molecular complexity index is 776. The molecule has 5 heteroatoms. The van der Waals surface area contributed by atoms with Crippen LogP contribution in [0.4, 0.5) is 0 Å². The highest BCUT2D eigenvalue weighted by Gasteiger charge is 2.30. The summed E-state index contributed by atoms with van der Waals surface area (Å²) in [5.74, 6) is 2.29. The summed E-state index contributed by atoms with van der Waals surface area (Å²) in [5, 5.41) is 0. The minimum absolute atomic E-state index is 0.0805. The molecule has 2 heterocycles. The van der Waals surface area contributed by atoms with Gasteiger partial charge in [-0.2, -0.15) is 0 Å². The monoisotopic (exact) mass is 339 g/mol. The van der Waals surface area contributed by atoms with E-state index < -0.39 is 0 Å². The Morgan fingerprint density at radius 2 is 1.68 bits per heavy atom. The molecule has 2 aromatic rings. The fourth-order valence-corrected chi connectivity index (χ4v) is 3.35. The first-order valence-electron chi connectivity index (χ1n) is 8.55. The lowest BCUT2D eigenvalue weighted by molar-refractivity contribution is -0.137. The van der Waals surface area contributed by atoms with E-state index in [1.54, 1.807) is 4.90 Å².